The number of aromatic nitrogens is 2. The number of anilines is 1. The molecule has 1 heterocycles. The first-order valence-corrected chi connectivity index (χ1v) is 6.64. The molecule has 0 aliphatic carbocycles. The molecule has 7 heteroatoms. The standard InChI is InChI=1S/C12H20ClN3O3/c1-3-16-12(17)11(13)10(9-15-16)14-5-4-6-19-8-7-18-2/h9,14H,3-8H2,1-2H3. The highest BCUT2D eigenvalue weighted by molar-refractivity contribution is 6.32. The summed E-state index contributed by atoms with van der Waals surface area (Å²) in [4.78, 5) is 11.7. The molecule has 0 amide bonds. The zero-order chi connectivity index (χ0) is 14.1. The van der Waals surface area contributed by atoms with Gasteiger partial charge in [-0.15, -0.1) is 0 Å². The number of aryl methyl sites for hydroxylation is 1. The maximum absolute atomic E-state index is 11.7. The molecule has 0 fully saturated rings. The van der Waals surface area contributed by atoms with Crippen molar-refractivity contribution in [2.75, 3.05) is 38.8 Å². The van der Waals surface area contributed by atoms with E-state index in [1.165, 1.54) is 4.68 Å². The van der Waals surface area contributed by atoms with Crippen molar-refractivity contribution in [3.63, 3.8) is 0 Å². The van der Waals surface area contributed by atoms with Crippen molar-refractivity contribution in [1.82, 2.24) is 9.78 Å². The first kappa shape index (κ1) is 15.9. The van der Waals surface area contributed by atoms with Gasteiger partial charge in [0.15, 0.2) is 0 Å². The van der Waals surface area contributed by atoms with E-state index in [0.717, 1.165) is 6.42 Å². The Morgan fingerprint density at radius 1 is 1.42 bits per heavy atom. The third-order valence-electron chi connectivity index (χ3n) is 2.50. The van der Waals surface area contributed by atoms with Gasteiger partial charge in [0.25, 0.3) is 5.56 Å². The molecule has 0 spiro atoms. The van der Waals surface area contributed by atoms with Crippen LogP contribution in [0.1, 0.15) is 13.3 Å². The first-order valence-electron chi connectivity index (χ1n) is 6.26. The van der Waals surface area contributed by atoms with Crippen molar-refractivity contribution >= 4 is 17.3 Å². The fourth-order valence-corrected chi connectivity index (χ4v) is 1.67. The second-order valence-electron chi connectivity index (χ2n) is 3.88. The quantitative estimate of drug-likeness (QED) is 0.696. The summed E-state index contributed by atoms with van der Waals surface area (Å²) in [7, 11) is 1.64. The van der Waals surface area contributed by atoms with E-state index < -0.39 is 0 Å². The number of methoxy groups -OCH3 is 1. The Morgan fingerprint density at radius 3 is 2.89 bits per heavy atom. The molecule has 0 saturated heterocycles. The molecule has 1 aromatic rings. The van der Waals surface area contributed by atoms with Crippen molar-refractivity contribution in [2.45, 2.75) is 19.9 Å². The fraction of sp³-hybridized carbons (Fsp3) is 0.667. The maximum Gasteiger partial charge on any atom is 0.287 e. The van der Waals surface area contributed by atoms with Crippen LogP contribution in [-0.2, 0) is 16.0 Å². The summed E-state index contributed by atoms with van der Waals surface area (Å²) in [6.45, 7) is 4.84. The van der Waals surface area contributed by atoms with Crippen molar-refractivity contribution in [3.05, 3.63) is 21.6 Å². The normalized spacial score (nSPS) is 10.7. The summed E-state index contributed by atoms with van der Waals surface area (Å²) in [5, 5.41) is 7.26. The second kappa shape index (κ2) is 8.90. The molecule has 1 aromatic heterocycles. The molecular weight excluding hydrogens is 270 g/mol. The van der Waals surface area contributed by atoms with Gasteiger partial charge >= 0.3 is 0 Å². The third-order valence-corrected chi connectivity index (χ3v) is 2.86. The molecule has 1 N–H and O–H groups in total. The number of rotatable bonds is 9. The number of nitrogens with zero attached hydrogens (tertiary/aromatic N) is 2. The Labute approximate surface area is 117 Å². The van der Waals surface area contributed by atoms with Crippen LogP contribution in [0.3, 0.4) is 0 Å². The van der Waals surface area contributed by atoms with Gasteiger partial charge in [0.2, 0.25) is 0 Å². The van der Waals surface area contributed by atoms with Crippen LogP contribution in [0.25, 0.3) is 0 Å². The molecule has 0 aliphatic heterocycles. The average molecular weight is 290 g/mol. The molecular formula is C12H20ClN3O3. The van der Waals surface area contributed by atoms with Crippen LogP contribution in [0.15, 0.2) is 11.0 Å². The molecule has 0 saturated carbocycles. The van der Waals surface area contributed by atoms with E-state index in [9.17, 15) is 4.79 Å². The number of halogens is 1. The fourth-order valence-electron chi connectivity index (χ4n) is 1.46. The predicted molar refractivity (Wildman–Crippen MR) is 75.0 cm³/mol. The topological polar surface area (TPSA) is 65.4 Å². The largest absolute Gasteiger partial charge is 0.382 e. The Kier molecular flexibility index (Phi) is 7.47. The van der Waals surface area contributed by atoms with Crippen LogP contribution in [-0.4, -0.2) is 43.3 Å². The highest BCUT2D eigenvalue weighted by Crippen LogP contribution is 2.14. The summed E-state index contributed by atoms with van der Waals surface area (Å²) in [6, 6.07) is 0. The van der Waals surface area contributed by atoms with Crippen molar-refractivity contribution < 1.29 is 9.47 Å². The van der Waals surface area contributed by atoms with Gasteiger partial charge in [0.1, 0.15) is 5.02 Å². The van der Waals surface area contributed by atoms with Crippen LogP contribution in [0.2, 0.25) is 5.02 Å². The lowest BCUT2D eigenvalue weighted by atomic mass is 10.4. The lowest BCUT2D eigenvalue weighted by molar-refractivity contribution is 0.0705. The van der Waals surface area contributed by atoms with E-state index in [-0.39, 0.29) is 10.6 Å². The van der Waals surface area contributed by atoms with E-state index >= 15 is 0 Å². The Bertz CT molecular complexity index is 437. The molecule has 0 bridgehead atoms. The summed E-state index contributed by atoms with van der Waals surface area (Å²) < 4.78 is 11.5. The Morgan fingerprint density at radius 2 is 2.21 bits per heavy atom. The van der Waals surface area contributed by atoms with Gasteiger partial charge in [-0.3, -0.25) is 4.79 Å². The van der Waals surface area contributed by atoms with Gasteiger partial charge in [-0.25, -0.2) is 4.68 Å². The summed E-state index contributed by atoms with van der Waals surface area (Å²) >= 11 is 5.97. The number of nitrogens with one attached hydrogen (secondary N) is 1. The Balaban J connectivity index is 2.34. The van der Waals surface area contributed by atoms with E-state index in [1.54, 1.807) is 13.3 Å². The molecule has 0 radical (unpaired) electrons. The maximum atomic E-state index is 11.7. The van der Waals surface area contributed by atoms with Crippen LogP contribution < -0.4 is 10.9 Å². The SMILES string of the molecule is CCn1ncc(NCCCOCCOC)c(Cl)c1=O. The first-order chi connectivity index (χ1) is 9.20. The molecule has 1 rings (SSSR count). The smallest absolute Gasteiger partial charge is 0.287 e. The van der Waals surface area contributed by atoms with Gasteiger partial charge in [-0.2, -0.15) is 5.10 Å². The van der Waals surface area contributed by atoms with E-state index in [0.29, 0.717) is 38.6 Å². The molecule has 108 valence electrons. The van der Waals surface area contributed by atoms with E-state index in [2.05, 4.69) is 10.4 Å². The zero-order valence-corrected chi connectivity index (χ0v) is 12.1. The van der Waals surface area contributed by atoms with Crippen LogP contribution in [0.4, 0.5) is 5.69 Å². The monoisotopic (exact) mass is 289 g/mol. The van der Waals surface area contributed by atoms with Crippen molar-refractivity contribution in [1.29, 1.82) is 0 Å². The van der Waals surface area contributed by atoms with Gasteiger partial charge in [-0.1, -0.05) is 11.6 Å². The van der Waals surface area contributed by atoms with Gasteiger partial charge in [0, 0.05) is 26.8 Å². The highest BCUT2D eigenvalue weighted by atomic mass is 35.5. The third kappa shape index (κ3) is 5.18. The highest BCUT2D eigenvalue weighted by Gasteiger charge is 2.07. The molecule has 0 aromatic carbocycles. The molecule has 19 heavy (non-hydrogen) atoms. The van der Waals surface area contributed by atoms with E-state index in [4.69, 9.17) is 21.1 Å². The van der Waals surface area contributed by atoms with Crippen LogP contribution in [0.5, 0.6) is 0 Å². The minimum atomic E-state index is -0.273. The second-order valence-corrected chi connectivity index (χ2v) is 4.26. The van der Waals surface area contributed by atoms with Gasteiger partial charge in [-0.05, 0) is 13.3 Å². The molecule has 6 nitrogen and oxygen atoms in total. The minimum Gasteiger partial charge on any atom is -0.382 e. The predicted octanol–water partition coefficient (Wildman–Crippen LogP) is 1.38. The molecule has 0 unspecified atom stereocenters. The van der Waals surface area contributed by atoms with Crippen LogP contribution >= 0.6 is 11.6 Å². The van der Waals surface area contributed by atoms with Gasteiger partial charge in [0.05, 0.1) is 25.1 Å². The van der Waals surface area contributed by atoms with E-state index in [1.807, 2.05) is 6.92 Å². The van der Waals surface area contributed by atoms with Crippen molar-refractivity contribution in [2.24, 2.45) is 0 Å². The lowest BCUT2D eigenvalue weighted by Crippen LogP contribution is -2.23. The van der Waals surface area contributed by atoms with Gasteiger partial charge < -0.3 is 14.8 Å². The lowest BCUT2D eigenvalue weighted by Gasteiger charge is -2.09. The summed E-state index contributed by atoms with van der Waals surface area (Å²) in [5.41, 5.74) is 0.291. The average Bonchev–Trinajstić information content (AvgIpc) is 2.42. The molecule has 0 atom stereocenters. The van der Waals surface area contributed by atoms with Crippen LogP contribution in [0, 0.1) is 0 Å². The number of hydrogen-bond donors (Lipinski definition) is 1. The minimum absolute atomic E-state index is 0.178. The zero-order valence-electron chi connectivity index (χ0n) is 11.3. The summed E-state index contributed by atoms with van der Waals surface area (Å²) in [6.07, 6.45) is 2.38. The number of hydrogen-bond acceptors (Lipinski definition) is 5. The van der Waals surface area contributed by atoms with Crippen molar-refractivity contribution in [3.8, 4) is 0 Å². The number of ether oxygens (including phenoxy) is 2. The Hall–Kier alpha value is -1.11. The molecule has 0 aliphatic rings. The summed E-state index contributed by atoms with van der Waals surface area (Å²) in [5.74, 6) is 0.